The summed E-state index contributed by atoms with van der Waals surface area (Å²) in [6.07, 6.45) is 1.74. The Morgan fingerprint density at radius 2 is 1.92 bits per heavy atom. The third kappa shape index (κ3) is 3.77. The Morgan fingerprint density at radius 1 is 1.17 bits per heavy atom. The molecule has 2 aromatic carbocycles. The molecule has 0 heterocycles. The first kappa shape index (κ1) is 17.6. The molecule has 0 unspecified atom stereocenters. The van der Waals surface area contributed by atoms with Crippen LogP contribution in [0.5, 0.6) is 11.5 Å². The molecule has 0 aliphatic carbocycles. The Hall–Kier alpha value is -2.74. The first-order valence-electron chi connectivity index (χ1n) is 6.86. The number of nitrogens with zero attached hydrogens (tertiary/aromatic N) is 1. The van der Waals surface area contributed by atoms with Crippen LogP contribution in [0, 0.1) is 10.1 Å². The van der Waals surface area contributed by atoms with E-state index >= 15 is 0 Å². The molecule has 2 aromatic rings. The Kier molecular flexibility index (Phi) is 5.64. The zero-order valence-corrected chi connectivity index (χ0v) is 14.2. The van der Waals surface area contributed by atoms with Gasteiger partial charge in [0.15, 0.2) is 0 Å². The molecule has 0 atom stereocenters. The van der Waals surface area contributed by atoms with Crippen molar-refractivity contribution in [3.05, 3.63) is 52.1 Å². The molecular formula is C16H16N2O5S. The number of anilines is 1. The van der Waals surface area contributed by atoms with Crippen molar-refractivity contribution in [3.63, 3.8) is 0 Å². The first-order chi connectivity index (χ1) is 11.5. The summed E-state index contributed by atoms with van der Waals surface area (Å²) < 4.78 is 10.3. The van der Waals surface area contributed by atoms with E-state index < -0.39 is 10.8 Å². The molecule has 1 N–H and O–H groups in total. The van der Waals surface area contributed by atoms with E-state index in [9.17, 15) is 14.9 Å². The molecule has 126 valence electrons. The van der Waals surface area contributed by atoms with Gasteiger partial charge in [-0.1, -0.05) is 0 Å². The number of nitrogens with one attached hydrogen (secondary N) is 1. The molecule has 0 saturated carbocycles. The van der Waals surface area contributed by atoms with Gasteiger partial charge >= 0.3 is 0 Å². The SMILES string of the molecule is COc1ccc(OC)c(NC(=O)c2ccc(SC)c([N+](=O)[O-])c2)c1. The fourth-order valence-corrected chi connectivity index (χ4v) is 2.63. The van der Waals surface area contributed by atoms with Gasteiger partial charge in [0.05, 0.1) is 29.7 Å². The van der Waals surface area contributed by atoms with Crippen LogP contribution in [0.15, 0.2) is 41.3 Å². The van der Waals surface area contributed by atoms with E-state index in [2.05, 4.69) is 5.32 Å². The number of amides is 1. The molecule has 0 saturated heterocycles. The van der Waals surface area contributed by atoms with Crippen LogP contribution in [0.4, 0.5) is 11.4 Å². The van der Waals surface area contributed by atoms with E-state index in [0.717, 1.165) is 0 Å². The lowest BCUT2D eigenvalue weighted by Crippen LogP contribution is -2.13. The Labute approximate surface area is 143 Å². The zero-order valence-electron chi connectivity index (χ0n) is 13.4. The van der Waals surface area contributed by atoms with Crippen molar-refractivity contribution in [2.24, 2.45) is 0 Å². The monoisotopic (exact) mass is 348 g/mol. The number of benzene rings is 2. The molecule has 8 heteroatoms. The van der Waals surface area contributed by atoms with Gasteiger partial charge in [-0.3, -0.25) is 14.9 Å². The van der Waals surface area contributed by atoms with Crippen LogP contribution in [0.2, 0.25) is 0 Å². The van der Waals surface area contributed by atoms with E-state index in [4.69, 9.17) is 9.47 Å². The molecule has 0 spiro atoms. The van der Waals surface area contributed by atoms with E-state index in [1.165, 1.54) is 32.0 Å². The summed E-state index contributed by atoms with van der Waals surface area (Å²) in [4.78, 5) is 23.5. The third-order valence-corrected chi connectivity index (χ3v) is 4.08. The van der Waals surface area contributed by atoms with Crippen molar-refractivity contribution in [1.82, 2.24) is 0 Å². The summed E-state index contributed by atoms with van der Waals surface area (Å²) in [6, 6.07) is 9.33. The fourth-order valence-electron chi connectivity index (χ4n) is 2.08. The summed E-state index contributed by atoms with van der Waals surface area (Å²) in [5.74, 6) is 0.534. The topological polar surface area (TPSA) is 90.7 Å². The highest BCUT2D eigenvalue weighted by Crippen LogP contribution is 2.31. The predicted octanol–water partition coefficient (Wildman–Crippen LogP) is 3.59. The molecule has 7 nitrogen and oxygen atoms in total. The standard InChI is InChI=1S/C16H16N2O5S/c1-22-11-5-6-14(23-2)12(9-11)17-16(19)10-4-7-15(24-3)13(8-10)18(20)21/h4-9H,1-3H3,(H,17,19). The number of nitro benzene ring substituents is 1. The maximum atomic E-state index is 12.4. The number of rotatable bonds is 6. The molecular weight excluding hydrogens is 332 g/mol. The maximum absolute atomic E-state index is 12.4. The molecule has 0 aromatic heterocycles. The molecule has 24 heavy (non-hydrogen) atoms. The highest BCUT2D eigenvalue weighted by molar-refractivity contribution is 7.98. The minimum Gasteiger partial charge on any atom is -0.497 e. The van der Waals surface area contributed by atoms with E-state index in [-0.39, 0.29) is 11.3 Å². The van der Waals surface area contributed by atoms with E-state index in [0.29, 0.717) is 22.1 Å². The Morgan fingerprint density at radius 3 is 2.50 bits per heavy atom. The molecule has 0 aliphatic heterocycles. The Bertz CT molecular complexity index is 779. The van der Waals surface area contributed by atoms with E-state index in [1.807, 2.05) is 0 Å². The maximum Gasteiger partial charge on any atom is 0.283 e. The Balaban J connectivity index is 2.33. The molecule has 0 radical (unpaired) electrons. The average molecular weight is 348 g/mol. The molecule has 0 fully saturated rings. The average Bonchev–Trinajstić information content (AvgIpc) is 2.60. The van der Waals surface area contributed by atoms with Crippen LogP contribution < -0.4 is 14.8 Å². The number of thioether (sulfide) groups is 1. The first-order valence-corrected chi connectivity index (χ1v) is 8.08. The van der Waals surface area contributed by atoms with Crippen molar-refractivity contribution in [1.29, 1.82) is 0 Å². The zero-order chi connectivity index (χ0) is 17.7. The number of hydrogen-bond acceptors (Lipinski definition) is 6. The number of methoxy groups -OCH3 is 2. The lowest BCUT2D eigenvalue weighted by atomic mass is 10.1. The van der Waals surface area contributed by atoms with Crippen molar-refractivity contribution in [2.75, 3.05) is 25.8 Å². The number of carbonyl (C=O) groups excluding carboxylic acids is 1. The van der Waals surface area contributed by atoms with Gasteiger partial charge in [0, 0.05) is 17.7 Å². The second-order valence-corrected chi connectivity index (χ2v) is 5.51. The minimum absolute atomic E-state index is 0.104. The number of hydrogen-bond donors (Lipinski definition) is 1. The largest absolute Gasteiger partial charge is 0.497 e. The second-order valence-electron chi connectivity index (χ2n) is 4.66. The van der Waals surface area contributed by atoms with Gasteiger partial charge in [-0.2, -0.15) is 0 Å². The number of nitro groups is 1. The second kappa shape index (κ2) is 7.69. The van der Waals surface area contributed by atoms with Gasteiger partial charge in [-0.25, -0.2) is 0 Å². The van der Waals surface area contributed by atoms with Crippen molar-refractivity contribution < 1.29 is 19.2 Å². The van der Waals surface area contributed by atoms with Gasteiger partial charge in [0.2, 0.25) is 0 Å². The van der Waals surface area contributed by atoms with Gasteiger partial charge in [0.1, 0.15) is 11.5 Å². The predicted molar refractivity (Wildman–Crippen MR) is 92.4 cm³/mol. The van der Waals surface area contributed by atoms with Crippen LogP contribution in [0.25, 0.3) is 0 Å². The molecule has 0 aliphatic rings. The van der Waals surface area contributed by atoms with Gasteiger partial charge < -0.3 is 14.8 Å². The lowest BCUT2D eigenvalue weighted by Gasteiger charge is -2.12. The normalized spacial score (nSPS) is 10.1. The van der Waals surface area contributed by atoms with Crippen molar-refractivity contribution >= 4 is 29.0 Å². The summed E-state index contributed by atoms with van der Waals surface area (Å²) in [7, 11) is 2.99. The van der Waals surface area contributed by atoms with Crippen LogP contribution in [-0.4, -0.2) is 31.3 Å². The van der Waals surface area contributed by atoms with E-state index in [1.54, 1.807) is 36.6 Å². The highest BCUT2D eigenvalue weighted by Gasteiger charge is 2.18. The van der Waals surface area contributed by atoms with Gasteiger partial charge in [0.25, 0.3) is 11.6 Å². The van der Waals surface area contributed by atoms with Crippen LogP contribution in [-0.2, 0) is 0 Å². The molecule has 1 amide bonds. The quantitative estimate of drug-likeness (QED) is 0.487. The number of carbonyl (C=O) groups is 1. The third-order valence-electron chi connectivity index (χ3n) is 3.29. The highest BCUT2D eigenvalue weighted by atomic mass is 32.2. The summed E-state index contributed by atoms with van der Waals surface area (Å²) in [5, 5.41) is 13.8. The molecule has 0 bridgehead atoms. The minimum atomic E-state index is -0.505. The fraction of sp³-hybridized carbons (Fsp3) is 0.188. The molecule has 2 rings (SSSR count). The van der Waals surface area contributed by atoms with Gasteiger partial charge in [-0.15, -0.1) is 11.8 Å². The summed E-state index contributed by atoms with van der Waals surface area (Å²) in [5.41, 5.74) is 0.496. The van der Waals surface area contributed by atoms with Crippen LogP contribution in [0.3, 0.4) is 0 Å². The number of ether oxygens (including phenoxy) is 2. The van der Waals surface area contributed by atoms with Gasteiger partial charge in [-0.05, 0) is 30.5 Å². The van der Waals surface area contributed by atoms with Crippen molar-refractivity contribution in [3.8, 4) is 11.5 Å². The smallest absolute Gasteiger partial charge is 0.283 e. The summed E-state index contributed by atoms with van der Waals surface area (Å²) in [6.45, 7) is 0. The van der Waals surface area contributed by atoms with Crippen LogP contribution >= 0.6 is 11.8 Å². The lowest BCUT2D eigenvalue weighted by molar-refractivity contribution is -0.387. The van der Waals surface area contributed by atoms with Crippen molar-refractivity contribution in [2.45, 2.75) is 4.90 Å². The summed E-state index contributed by atoms with van der Waals surface area (Å²) >= 11 is 1.25. The van der Waals surface area contributed by atoms with Crippen LogP contribution in [0.1, 0.15) is 10.4 Å².